The van der Waals surface area contributed by atoms with Gasteiger partial charge in [0.2, 0.25) is 0 Å². The molecule has 0 saturated carbocycles. The molecule has 0 aliphatic carbocycles. The molecule has 0 radical (unpaired) electrons. The second-order valence-electron chi connectivity index (χ2n) is 6.36. The third-order valence-corrected chi connectivity index (χ3v) is 5.20. The topological polar surface area (TPSA) is 78.8 Å². The Hall–Kier alpha value is -2.86. The van der Waals surface area contributed by atoms with E-state index in [0.29, 0.717) is 33.4 Å². The Morgan fingerprint density at radius 3 is 2.68 bits per heavy atom. The van der Waals surface area contributed by atoms with Gasteiger partial charge in [-0.15, -0.1) is 11.3 Å². The monoisotopic (exact) mass is 407 g/mol. The molecule has 2 aromatic heterocycles. The first-order chi connectivity index (χ1) is 13.2. The molecule has 0 saturated heterocycles. The fourth-order valence-corrected chi connectivity index (χ4v) is 3.85. The average molecular weight is 407 g/mol. The number of nitrogens with zero attached hydrogens (tertiary/aromatic N) is 2. The first kappa shape index (κ1) is 19.9. The van der Waals surface area contributed by atoms with Crippen molar-refractivity contribution in [2.75, 3.05) is 6.61 Å². The van der Waals surface area contributed by atoms with E-state index in [-0.39, 0.29) is 17.5 Å². The number of thiazole rings is 1. The Labute approximate surface area is 162 Å². The number of esters is 1. The number of carbonyl (C=O) groups is 1. The first-order valence-electron chi connectivity index (χ1n) is 8.48. The number of aromatic amines is 1. The molecule has 0 bridgehead atoms. The molecule has 9 heteroatoms. The van der Waals surface area contributed by atoms with Crippen LogP contribution in [0, 0.1) is 11.3 Å². The minimum Gasteiger partial charge on any atom is -0.462 e. The van der Waals surface area contributed by atoms with Gasteiger partial charge in [0, 0.05) is 22.2 Å². The number of rotatable bonds is 4. The van der Waals surface area contributed by atoms with E-state index < -0.39 is 22.7 Å². The van der Waals surface area contributed by atoms with Crippen LogP contribution in [-0.4, -0.2) is 22.5 Å². The highest BCUT2D eigenvalue weighted by Crippen LogP contribution is 2.39. The first-order valence-corrected chi connectivity index (χ1v) is 9.30. The number of fused-ring (bicyclic) bond motifs is 1. The van der Waals surface area contributed by atoms with Crippen molar-refractivity contribution in [3.05, 3.63) is 40.0 Å². The number of nitriles is 1. The zero-order chi connectivity index (χ0) is 20.6. The maximum absolute atomic E-state index is 13.3. The van der Waals surface area contributed by atoms with E-state index in [0.717, 1.165) is 5.69 Å². The molecule has 1 N–H and O–H groups in total. The number of hydrogen-bond donors (Lipinski definition) is 1. The molecule has 0 fully saturated rings. The summed E-state index contributed by atoms with van der Waals surface area (Å²) in [6, 6.07) is 7.07. The van der Waals surface area contributed by atoms with Gasteiger partial charge >= 0.3 is 12.1 Å². The van der Waals surface area contributed by atoms with E-state index in [9.17, 15) is 23.2 Å². The minimum atomic E-state index is -4.78. The van der Waals surface area contributed by atoms with Gasteiger partial charge in [-0.3, -0.25) is 0 Å². The van der Waals surface area contributed by atoms with Crippen molar-refractivity contribution in [1.82, 2.24) is 9.97 Å². The number of aromatic nitrogens is 2. The number of halogens is 3. The number of nitrogens with one attached hydrogen (secondary N) is 1. The van der Waals surface area contributed by atoms with Crippen LogP contribution in [0.4, 0.5) is 13.2 Å². The molecule has 0 unspecified atom stereocenters. The summed E-state index contributed by atoms with van der Waals surface area (Å²) in [5.41, 5.74) is 1.05. The molecule has 0 spiro atoms. The molecule has 146 valence electrons. The summed E-state index contributed by atoms with van der Waals surface area (Å²) in [6.07, 6.45) is -4.78. The fourth-order valence-electron chi connectivity index (χ4n) is 2.87. The molecular weight excluding hydrogens is 391 g/mol. The SMILES string of the molecule is CCOC(=O)c1sc(-c2ccc3[nH]c(C(C)C)c(C#N)c3c2)nc1C(F)(F)F. The molecule has 0 amide bonds. The second-order valence-corrected chi connectivity index (χ2v) is 7.35. The van der Waals surface area contributed by atoms with E-state index in [1.165, 1.54) is 6.92 Å². The standard InChI is InChI=1S/C19H16F3N3O2S/c1-4-27-18(26)15-16(19(20,21)22)25-17(28-15)10-5-6-13-11(7-10)12(8-23)14(24-13)9(2)3/h5-7,9,24H,4H2,1-3H3. The summed E-state index contributed by atoms with van der Waals surface area (Å²) in [6.45, 7) is 5.36. The Bertz CT molecular complexity index is 1090. The zero-order valence-corrected chi connectivity index (χ0v) is 16.1. The van der Waals surface area contributed by atoms with Gasteiger partial charge in [-0.05, 0) is 31.0 Å². The van der Waals surface area contributed by atoms with Crippen LogP contribution in [0.1, 0.15) is 53.3 Å². The van der Waals surface area contributed by atoms with Crippen molar-refractivity contribution < 1.29 is 22.7 Å². The highest BCUT2D eigenvalue weighted by Gasteiger charge is 2.40. The van der Waals surface area contributed by atoms with E-state index in [1.54, 1.807) is 18.2 Å². The van der Waals surface area contributed by atoms with Gasteiger partial charge in [-0.1, -0.05) is 13.8 Å². The van der Waals surface area contributed by atoms with Crippen molar-refractivity contribution >= 4 is 28.2 Å². The van der Waals surface area contributed by atoms with Crippen LogP contribution in [0.5, 0.6) is 0 Å². The molecular formula is C19H16F3N3O2S. The molecule has 3 aromatic rings. The predicted octanol–water partition coefficient (Wildman–Crippen LogP) is 5.48. The molecule has 0 aliphatic heterocycles. The molecule has 0 atom stereocenters. The van der Waals surface area contributed by atoms with Crippen LogP contribution in [0.3, 0.4) is 0 Å². The van der Waals surface area contributed by atoms with Crippen molar-refractivity contribution in [3.63, 3.8) is 0 Å². The summed E-state index contributed by atoms with van der Waals surface area (Å²) >= 11 is 0.624. The molecule has 2 heterocycles. The summed E-state index contributed by atoms with van der Waals surface area (Å²) in [4.78, 5) is 18.2. The van der Waals surface area contributed by atoms with E-state index in [2.05, 4.69) is 16.0 Å². The lowest BCUT2D eigenvalue weighted by Crippen LogP contribution is -2.13. The number of benzene rings is 1. The van der Waals surface area contributed by atoms with Gasteiger partial charge in [0.1, 0.15) is 16.0 Å². The van der Waals surface area contributed by atoms with Crippen molar-refractivity contribution in [1.29, 1.82) is 5.26 Å². The molecule has 5 nitrogen and oxygen atoms in total. The number of ether oxygens (including phenoxy) is 1. The smallest absolute Gasteiger partial charge is 0.435 e. The average Bonchev–Trinajstić information content (AvgIpc) is 3.23. The van der Waals surface area contributed by atoms with Crippen molar-refractivity contribution in [3.8, 4) is 16.6 Å². The normalized spacial score (nSPS) is 11.8. The van der Waals surface area contributed by atoms with E-state index >= 15 is 0 Å². The van der Waals surface area contributed by atoms with Crippen molar-refractivity contribution in [2.24, 2.45) is 0 Å². The van der Waals surface area contributed by atoms with Crippen LogP contribution in [0.25, 0.3) is 21.5 Å². The van der Waals surface area contributed by atoms with Crippen molar-refractivity contribution in [2.45, 2.75) is 32.9 Å². The van der Waals surface area contributed by atoms with Crippen LogP contribution in [-0.2, 0) is 10.9 Å². The fraction of sp³-hybridized carbons (Fsp3) is 0.316. The summed E-state index contributed by atoms with van der Waals surface area (Å²) in [7, 11) is 0. The largest absolute Gasteiger partial charge is 0.462 e. The molecule has 0 aliphatic rings. The Kier molecular flexibility index (Phi) is 5.17. The Morgan fingerprint density at radius 2 is 2.11 bits per heavy atom. The summed E-state index contributed by atoms with van der Waals surface area (Å²) in [5, 5.41) is 10.1. The lowest BCUT2D eigenvalue weighted by Gasteiger charge is -2.05. The van der Waals surface area contributed by atoms with E-state index in [1.807, 2.05) is 13.8 Å². The van der Waals surface area contributed by atoms with Crippen LogP contribution >= 0.6 is 11.3 Å². The maximum atomic E-state index is 13.3. The molecule has 28 heavy (non-hydrogen) atoms. The van der Waals surface area contributed by atoms with Gasteiger partial charge in [0.05, 0.1) is 12.2 Å². The van der Waals surface area contributed by atoms with Gasteiger partial charge in [0.15, 0.2) is 5.69 Å². The number of alkyl halides is 3. The van der Waals surface area contributed by atoms with Crippen LogP contribution in [0.15, 0.2) is 18.2 Å². The van der Waals surface area contributed by atoms with Gasteiger partial charge in [-0.25, -0.2) is 9.78 Å². The van der Waals surface area contributed by atoms with Crippen LogP contribution < -0.4 is 0 Å². The molecule has 1 aromatic carbocycles. The third kappa shape index (κ3) is 3.47. The minimum absolute atomic E-state index is 0.0356. The summed E-state index contributed by atoms with van der Waals surface area (Å²) < 4.78 is 44.7. The third-order valence-electron chi connectivity index (χ3n) is 4.12. The quantitative estimate of drug-likeness (QED) is 0.581. The lowest BCUT2D eigenvalue weighted by atomic mass is 10.0. The highest BCUT2D eigenvalue weighted by molar-refractivity contribution is 7.17. The van der Waals surface area contributed by atoms with E-state index in [4.69, 9.17) is 4.74 Å². The number of carbonyl (C=O) groups excluding carboxylic acids is 1. The van der Waals surface area contributed by atoms with Gasteiger partial charge in [-0.2, -0.15) is 18.4 Å². The lowest BCUT2D eigenvalue weighted by molar-refractivity contribution is -0.141. The van der Waals surface area contributed by atoms with Crippen LogP contribution in [0.2, 0.25) is 0 Å². The summed E-state index contributed by atoms with van der Waals surface area (Å²) in [5.74, 6) is -0.973. The predicted molar refractivity (Wildman–Crippen MR) is 99.2 cm³/mol. The van der Waals surface area contributed by atoms with Gasteiger partial charge in [0.25, 0.3) is 0 Å². The number of H-pyrrole nitrogens is 1. The maximum Gasteiger partial charge on any atom is 0.435 e. The second kappa shape index (κ2) is 7.28. The Morgan fingerprint density at radius 1 is 1.39 bits per heavy atom. The highest BCUT2D eigenvalue weighted by atomic mass is 32.1. The Balaban J connectivity index is 2.17. The molecule has 3 rings (SSSR count). The number of hydrogen-bond acceptors (Lipinski definition) is 5. The zero-order valence-electron chi connectivity index (χ0n) is 15.3. The van der Waals surface area contributed by atoms with Gasteiger partial charge < -0.3 is 9.72 Å².